The van der Waals surface area contributed by atoms with E-state index in [-0.39, 0.29) is 12.4 Å². The Morgan fingerprint density at radius 2 is 1.74 bits per heavy atom. The van der Waals surface area contributed by atoms with E-state index in [2.05, 4.69) is 0 Å². The normalized spacial score (nSPS) is 19.6. The second kappa shape index (κ2) is 5.29. The highest BCUT2D eigenvalue weighted by Crippen LogP contribution is 2.44. The number of fused-ring (bicyclic) bond motifs is 1. The van der Waals surface area contributed by atoms with Gasteiger partial charge in [-0.25, -0.2) is 0 Å². The summed E-state index contributed by atoms with van der Waals surface area (Å²) in [5.74, 6) is 0.659. The lowest BCUT2D eigenvalue weighted by Crippen LogP contribution is -2.32. The Labute approximate surface area is 118 Å². The summed E-state index contributed by atoms with van der Waals surface area (Å²) in [6, 6.07) is 5.54. The Balaban J connectivity index is 0.00000133. The van der Waals surface area contributed by atoms with Crippen molar-refractivity contribution in [2.45, 2.75) is 31.1 Å². The van der Waals surface area contributed by atoms with Gasteiger partial charge in [0, 0.05) is 0 Å². The predicted octanol–water partition coefficient (Wildman–Crippen LogP) is 2.78. The van der Waals surface area contributed by atoms with Gasteiger partial charge in [0.1, 0.15) is 13.2 Å². The molecule has 19 heavy (non-hydrogen) atoms. The summed E-state index contributed by atoms with van der Waals surface area (Å²) >= 11 is 0. The monoisotopic (exact) mass is 284 g/mol. The van der Waals surface area contributed by atoms with Crippen molar-refractivity contribution in [2.24, 2.45) is 0 Å². The summed E-state index contributed by atoms with van der Waals surface area (Å²) in [5.41, 5.74) is 0.118. The Bertz CT molecular complexity index is 480. The molecule has 1 N–H and O–H groups in total. The van der Waals surface area contributed by atoms with Crippen molar-refractivity contribution in [1.29, 1.82) is 0 Å². The number of halogens is 1. The third-order valence-electron chi connectivity index (χ3n) is 3.96. The van der Waals surface area contributed by atoms with Crippen LogP contribution in [-0.2, 0) is 10.2 Å². The first-order valence-electron chi connectivity index (χ1n) is 6.36. The van der Waals surface area contributed by atoms with Crippen LogP contribution in [0.4, 0.5) is 0 Å². The molecule has 5 heteroatoms. The molecule has 104 valence electrons. The molecule has 4 nitrogen and oxygen atoms in total. The highest BCUT2D eigenvalue weighted by Gasteiger charge is 2.43. The lowest BCUT2D eigenvalue weighted by molar-refractivity contribution is -0.143. The number of benzene rings is 1. The highest BCUT2D eigenvalue weighted by atomic mass is 35.5. The Morgan fingerprint density at radius 1 is 1.11 bits per heavy atom. The fourth-order valence-electron chi connectivity index (χ4n) is 2.95. The fourth-order valence-corrected chi connectivity index (χ4v) is 2.95. The van der Waals surface area contributed by atoms with E-state index < -0.39 is 11.4 Å². The van der Waals surface area contributed by atoms with E-state index in [9.17, 15) is 9.90 Å². The van der Waals surface area contributed by atoms with Crippen LogP contribution in [0.1, 0.15) is 31.2 Å². The molecule has 1 aromatic carbocycles. The summed E-state index contributed by atoms with van der Waals surface area (Å²) in [5, 5.41) is 9.55. The van der Waals surface area contributed by atoms with Gasteiger partial charge in [0.15, 0.2) is 11.5 Å². The minimum Gasteiger partial charge on any atom is -0.486 e. The molecule has 3 rings (SSSR count). The van der Waals surface area contributed by atoms with Gasteiger partial charge >= 0.3 is 5.97 Å². The van der Waals surface area contributed by atoms with E-state index in [4.69, 9.17) is 9.47 Å². The molecule has 0 spiro atoms. The number of carboxylic acid groups (broad SMARTS) is 1. The molecule has 0 unspecified atom stereocenters. The van der Waals surface area contributed by atoms with Crippen molar-refractivity contribution in [3.8, 4) is 11.5 Å². The maximum absolute atomic E-state index is 11.6. The predicted molar refractivity (Wildman–Crippen MR) is 72.5 cm³/mol. The van der Waals surface area contributed by atoms with E-state index in [1.807, 2.05) is 18.2 Å². The van der Waals surface area contributed by atoms with Crippen LogP contribution in [-0.4, -0.2) is 24.3 Å². The van der Waals surface area contributed by atoms with Gasteiger partial charge < -0.3 is 14.6 Å². The summed E-state index contributed by atoms with van der Waals surface area (Å²) in [6.45, 7) is 1.08. The molecule has 0 aromatic heterocycles. The molecule has 0 saturated heterocycles. The second-order valence-corrected chi connectivity index (χ2v) is 4.95. The van der Waals surface area contributed by atoms with Gasteiger partial charge in [-0.15, -0.1) is 12.4 Å². The van der Waals surface area contributed by atoms with Gasteiger partial charge in [-0.3, -0.25) is 4.79 Å². The number of ether oxygens (including phenoxy) is 2. The molecule has 1 aliphatic carbocycles. The zero-order valence-electron chi connectivity index (χ0n) is 10.6. The first-order valence-corrected chi connectivity index (χ1v) is 6.36. The molecule has 1 saturated carbocycles. The third-order valence-corrected chi connectivity index (χ3v) is 3.96. The second-order valence-electron chi connectivity index (χ2n) is 4.95. The van der Waals surface area contributed by atoms with Gasteiger partial charge in [0.2, 0.25) is 0 Å². The standard InChI is InChI=1S/C14H16O4.ClH/c15-13(16)14(5-1-2-6-14)10-3-4-11-12(9-10)18-8-7-17-11;/h3-4,9H,1-2,5-8H2,(H,15,16);1H. The van der Waals surface area contributed by atoms with E-state index >= 15 is 0 Å². The number of carboxylic acids is 1. The van der Waals surface area contributed by atoms with Gasteiger partial charge in [0.25, 0.3) is 0 Å². The minimum absolute atomic E-state index is 0. The van der Waals surface area contributed by atoms with Gasteiger partial charge in [0.05, 0.1) is 5.41 Å². The van der Waals surface area contributed by atoms with Crippen molar-refractivity contribution in [3.63, 3.8) is 0 Å². The molecule has 1 aromatic rings. The SMILES string of the molecule is Cl.O=C(O)C1(c2ccc3c(c2)OCCO3)CCCC1. The lowest BCUT2D eigenvalue weighted by atomic mass is 9.79. The van der Waals surface area contributed by atoms with E-state index in [0.29, 0.717) is 37.6 Å². The molecular formula is C14H17ClO4. The third kappa shape index (κ3) is 2.25. The quantitative estimate of drug-likeness (QED) is 0.907. The van der Waals surface area contributed by atoms with Crippen LogP contribution < -0.4 is 9.47 Å². The highest BCUT2D eigenvalue weighted by molar-refractivity contribution is 5.85. The van der Waals surface area contributed by atoms with Crippen molar-refractivity contribution in [3.05, 3.63) is 23.8 Å². The first kappa shape index (κ1) is 14.0. The summed E-state index contributed by atoms with van der Waals surface area (Å²) < 4.78 is 11.0. The molecule has 0 radical (unpaired) electrons. The zero-order chi connectivity index (χ0) is 12.6. The number of rotatable bonds is 2. The number of aliphatic carboxylic acids is 1. The number of carbonyl (C=O) groups is 1. The van der Waals surface area contributed by atoms with Crippen molar-refractivity contribution < 1.29 is 19.4 Å². The summed E-state index contributed by atoms with van der Waals surface area (Å²) in [4.78, 5) is 11.6. The smallest absolute Gasteiger partial charge is 0.314 e. The van der Waals surface area contributed by atoms with Gasteiger partial charge in [-0.05, 0) is 30.5 Å². The number of hydrogen-bond acceptors (Lipinski definition) is 3. The van der Waals surface area contributed by atoms with Crippen LogP contribution in [0.15, 0.2) is 18.2 Å². The van der Waals surface area contributed by atoms with E-state index in [0.717, 1.165) is 18.4 Å². The largest absolute Gasteiger partial charge is 0.486 e. The van der Waals surface area contributed by atoms with E-state index in [1.165, 1.54) is 0 Å². The Hall–Kier alpha value is -1.42. The van der Waals surface area contributed by atoms with Crippen molar-refractivity contribution >= 4 is 18.4 Å². The molecule has 1 aliphatic heterocycles. The Kier molecular flexibility index (Phi) is 3.90. The topological polar surface area (TPSA) is 55.8 Å². The maximum Gasteiger partial charge on any atom is 0.314 e. The van der Waals surface area contributed by atoms with Crippen LogP contribution in [0.5, 0.6) is 11.5 Å². The van der Waals surface area contributed by atoms with Crippen molar-refractivity contribution in [2.75, 3.05) is 13.2 Å². The van der Waals surface area contributed by atoms with Crippen molar-refractivity contribution in [1.82, 2.24) is 0 Å². The average Bonchev–Trinajstić information content (AvgIpc) is 2.89. The number of hydrogen-bond donors (Lipinski definition) is 1. The summed E-state index contributed by atoms with van der Waals surface area (Å²) in [6.07, 6.45) is 3.37. The van der Waals surface area contributed by atoms with Crippen LogP contribution >= 0.6 is 12.4 Å². The van der Waals surface area contributed by atoms with Crippen LogP contribution in [0.3, 0.4) is 0 Å². The molecule has 0 bridgehead atoms. The van der Waals surface area contributed by atoms with Gasteiger partial charge in [-0.2, -0.15) is 0 Å². The zero-order valence-corrected chi connectivity index (χ0v) is 11.4. The lowest BCUT2D eigenvalue weighted by Gasteiger charge is -2.26. The fraction of sp³-hybridized carbons (Fsp3) is 0.500. The maximum atomic E-state index is 11.6. The van der Waals surface area contributed by atoms with Crippen LogP contribution in [0.2, 0.25) is 0 Å². The molecule has 1 fully saturated rings. The molecule has 1 heterocycles. The molecule has 0 atom stereocenters. The van der Waals surface area contributed by atoms with Crippen LogP contribution in [0, 0.1) is 0 Å². The average molecular weight is 285 g/mol. The molecule has 2 aliphatic rings. The van der Waals surface area contributed by atoms with E-state index in [1.54, 1.807) is 0 Å². The summed E-state index contributed by atoms with van der Waals surface area (Å²) in [7, 11) is 0. The molecular weight excluding hydrogens is 268 g/mol. The first-order chi connectivity index (χ1) is 8.72. The molecule has 0 amide bonds. The van der Waals surface area contributed by atoms with Crippen LogP contribution in [0.25, 0.3) is 0 Å². The minimum atomic E-state index is -0.726. The van der Waals surface area contributed by atoms with Gasteiger partial charge in [-0.1, -0.05) is 18.9 Å². The Morgan fingerprint density at radius 3 is 2.37 bits per heavy atom.